The highest BCUT2D eigenvalue weighted by Gasteiger charge is 2.80. The van der Waals surface area contributed by atoms with E-state index in [4.69, 9.17) is 37.5 Å². The van der Waals surface area contributed by atoms with Crippen LogP contribution in [0.2, 0.25) is 0 Å². The second kappa shape index (κ2) is 13.4. The summed E-state index contributed by atoms with van der Waals surface area (Å²) >= 11 is 0. The predicted octanol–water partition coefficient (Wildman–Crippen LogP) is 5.74. The number of fused-ring (bicyclic) bond motifs is 4. The van der Waals surface area contributed by atoms with Crippen molar-refractivity contribution in [1.29, 1.82) is 0 Å². The molecule has 2 aromatic heterocycles. The van der Waals surface area contributed by atoms with E-state index in [1.807, 2.05) is 72.8 Å². The predicted molar refractivity (Wildman–Crippen MR) is 209 cm³/mol. The fourth-order valence-electron chi connectivity index (χ4n) is 11.9. The lowest BCUT2D eigenvalue weighted by Gasteiger charge is -2.42. The van der Waals surface area contributed by atoms with E-state index in [2.05, 4.69) is 15.0 Å². The van der Waals surface area contributed by atoms with Gasteiger partial charge < -0.3 is 28.2 Å². The van der Waals surface area contributed by atoms with Crippen molar-refractivity contribution in [3.05, 3.63) is 118 Å². The van der Waals surface area contributed by atoms with Crippen LogP contribution in [0, 0.1) is 11.8 Å². The van der Waals surface area contributed by atoms with Crippen LogP contribution in [0.15, 0.2) is 93.4 Å². The molecule has 4 saturated heterocycles. The van der Waals surface area contributed by atoms with Gasteiger partial charge in [-0.1, -0.05) is 60.7 Å². The minimum absolute atomic E-state index is 0.119. The van der Waals surface area contributed by atoms with Crippen LogP contribution in [-0.4, -0.2) is 84.2 Å². The molecule has 0 amide bonds. The molecule has 310 valence electrons. The van der Waals surface area contributed by atoms with Gasteiger partial charge in [0.05, 0.1) is 49.6 Å². The van der Waals surface area contributed by atoms with Gasteiger partial charge in [0.2, 0.25) is 22.9 Å². The van der Waals surface area contributed by atoms with Crippen molar-refractivity contribution in [2.45, 2.75) is 86.9 Å². The van der Waals surface area contributed by atoms with Gasteiger partial charge in [-0.15, -0.1) is 0 Å². The molecule has 8 aliphatic rings. The summed E-state index contributed by atoms with van der Waals surface area (Å²) in [5.74, 6) is 0.864. The number of Topliss-reactive ketones (excluding diaryl/α,β-unsaturated/α-hetero) is 2. The Kier molecular flexibility index (Phi) is 8.14. The lowest BCUT2D eigenvalue weighted by atomic mass is 9.66. The fraction of sp³-hybridized carbons (Fsp3) is 0.478. The number of carbonyl (C=O) groups is 2. The number of likely N-dealkylation sites (tertiary alicyclic amines) is 2. The number of hydrogen-bond acceptors (Lipinski definition) is 13. The van der Waals surface area contributed by atoms with Crippen LogP contribution in [0.4, 0.5) is 0 Å². The Labute approximate surface area is 346 Å². The van der Waals surface area contributed by atoms with Crippen LogP contribution in [0.1, 0.15) is 94.0 Å². The topological polar surface area (TPSA) is 139 Å². The van der Waals surface area contributed by atoms with Crippen molar-refractivity contribution in [3.8, 4) is 11.8 Å². The van der Waals surface area contributed by atoms with E-state index in [0.717, 1.165) is 63.0 Å². The molecule has 2 aromatic carbocycles. The molecule has 0 radical (unpaired) electrons. The number of ketones is 2. The van der Waals surface area contributed by atoms with Gasteiger partial charge in [0, 0.05) is 11.8 Å². The van der Waals surface area contributed by atoms with Gasteiger partial charge in [0.1, 0.15) is 30.3 Å². The maximum absolute atomic E-state index is 15.4. The normalized spacial score (nSPS) is 33.7. The maximum atomic E-state index is 15.4. The number of rotatable bonds is 11. The molecule has 60 heavy (non-hydrogen) atoms. The molecular formula is C46H47N4O10+. The third-order valence-electron chi connectivity index (χ3n) is 14.4. The van der Waals surface area contributed by atoms with Gasteiger partial charge in [-0.05, 0) is 80.6 Å². The fourth-order valence-corrected chi connectivity index (χ4v) is 11.9. The molecule has 6 aliphatic heterocycles. The van der Waals surface area contributed by atoms with Crippen LogP contribution < -0.4 is 14.2 Å². The zero-order chi connectivity index (χ0) is 40.4. The van der Waals surface area contributed by atoms with Crippen molar-refractivity contribution in [1.82, 2.24) is 15.0 Å². The molecule has 0 saturated carbocycles. The van der Waals surface area contributed by atoms with E-state index in [-0.39, 0.29) is 60.2 Å². The highest BCUT2D eigenvalue weighted by molar-refractivity contribution is 6.10. The molecular weight excluding hydrogens is 769 g/mol. The quantitative estimate of drug-likeness (QED) is 0.170. The molecule has 4 bridgehead atoms. The first kappa shape index (κ1) is 36.6. The molecule has 8 atom stereocenters. The Bertz CT molecular complexity index is 2450. The van der Waals surface area contributed by atoms with E-state index < -0.39 is 28.9 Å². The van der Waals surface area contributed by atoms with Crippen LogP contribution in [0.5, 0.6) is 11.8 Å². The lowest BCUT2D eigenvalue weighted by molar-refractivity contribution is -0.933. The molecule has 8 heterocycles. The van der Waals surface area contributed by atoms with E-state index in [1.165, 1.54) is 0 Å². The monoisotopic (exact) mass is 815 g/mol. The second-order valence-corrected chi connectivity index (χ2v) is 17.4. The number of carbonyl (C=O) groups excluding carboxylic acids is 2. The Hall–Kier alpha value is -5.28. The van der Waals surface area contributed by atoms with Gasteiger partial charge in [-0.2, -0.15) is 0 Å². The number of nitrogens with zero attached hydrogens (tertiary/aromatic N) is 4. The molecule has 0 N–H and O–H groups in total. The van der Waals surface area contributed by atoms with Crippen LogP contribution in [0.3, 0.4) is 0 Å². The van der Waals surface area contributed by atoms with Crippen molar-refractivity contribution in [3.63, 3.8) is 0 Å². The molecule has 2 spiro atoms. The number of benzene rings is 2. The second-order valence-electron chi connectivity index (χ2n) is 17.4. The van der Waals surface area contributed by atoms with Gasteiger partial charge >= 0.3 is 11.6 Å². The number of hydrogen-bond donors (Lipinski definition) is 0. The van der Waals surface area contributed by atoms with Gasteiger partial charge in [-0.3, -0.25) is 24.1 Å². The third kappa shape index (κ3) is 4.84. The maximum Gasteiger partial charge on any atom is 0.430 e. The Morgan fingerprint density at radius 3 is 2.02 bits per heavy atom. The van der Waals surface area contributed by atoms with Gasteiger partial charge in [-0.25, -0.2) is 4.52 Å². The van der Waals surface area contributed by atoms with E-state index in [1.54, 1.807) is 19.0 Å². The van der Waals surface area contributed by atoms with Crippen molar-refractivity contribution >= 4 is 11.6 Å². The molecule has 4 aromatic rings. The first-order valence-corrected chi connectivity index (χ1v) is 21.3. The molecule has 4 fully saturated rings. The molecule has 12 rings (SSSR count). The largest absolute Gasteiger partial charge is 0.498 e. The van der Waals surface area contributed by atoms with E-state index in [0.29, 0.717) is 41.4 Å². The van der Waals surface area contributed by atoms with Crippen LogP contribution in [0.25, 0.3) is 0 Å². The average Bonchev–Trinajstić information content (AvgIpc) is 4.15. The van der Waals surface area contributed by atoms with Crippen LogP contribution >= 0.6 is 0 Å². The minimum atomic E-state index is -1.58. The molecule has 2 unspecified atom stereocenters. The Morgan fingerprint density at radius 1 is 0.750 bits per heavy atom. The Balaban J connectivity index is 1.02. The van der Waals surface area contributed by atoms with Crippen molar-refractivity contribution in [2.75, 3.05) is 40.4 Å². The summed E-state index contributed by atoms with van der Waals surface area (Å²) in [6, 6.07) is 18.9. The van der Waals surface area contributed by atoms with Crippen molar-refractivity contribution in [2.24, 2.45) is 11.8 Å². The third-order valence-corrected chi connectivity index (χ3v) is 14.4. The van der Waals surface area contributed by atoms with E-state index in [9.17, 15) is 0 Å². The zero-order valence-electron chi connectivity index (χ0n) is 33.7. The summed E-state index contributed by atoms with van der Waals surface area (Å²) < 4.78 is 54.2. The summed E-state index contributed by atoms with van der Waals surface area (Å²) in [6.07, 6.45) is 8.56. The molecule has 14 heteroatoms. The minimum Gasteiger partial charge on any atom is -0.498 e. The first-order chi connectivity index (χ1) is 29.4. The van der Waals surface area contributed by atoms with Crippen molar-refractivity contribution < 1.29 is 51.8 Å². The highest BCUT2D eigenvalue weighted by atomic mass is 16.6. The average molecular weight is 816 g/mol. The van der Waals surface area contributed by atoms with Gasteiger partial charge in [0.25, 0.3) is 5.88 Å². The number of aromatic nitrogens is 2. The van der Waals surface area contributed by atoms with Crippen LogP contribution in [-0.2, 0) is 37.9 Å². The summed E-state index contributed by atoms with van der Waals surface area (Å²) in [6.45, 7) is 3.66. The summed E-state index contributed by atoms with van der Waals surface area (Å²) in [4.78, 5) is 35.6. The number of methoxy groups -OCH3 is 2. The molecule has 14 nitrogen and oxygen atoms in total. The smallest absolute Gasteiger partial charge is 0.430 e. The number of ether oxygens (including phenoxy) is 6. The molecule has 2 aliphatic carbocycles. The standard InChI is InChI=1S/C46H47N4O10/c1-53-32-22-29-21-30-36(48-17-9-10-18-48)39-35(41(52)45(30,32)57-29)43(56-26-28-15-7-4-8-16-28)50(59-39)44-23-31-37(49-19-11-12-20-49)38-34(40(51)46(31,60-44)33(24-44)54-2)42(47-58-38)55-25-27-13-5-3-6-14-27/h3-8,13-16,22,24,29-31,36-37H,9-12,17-21,23,25-26H2,1-2H3/q+1/t29-,30?,31?,36+,37+,44+,45+,46-/m1/s1. The first-order valence-electron chi connectivity index (χ1n) is 21.3. The zero-order valence-corrected chi connectivity index (χ0v) is 33.7. The summed E-state index contributed by atoms with van der Waals surface area (Å²) in [5.41, 5.74) is -1.94. The summed E-state index contributed by atoms with van der Waals surface area (Å²) in [5, 5.41) is 4.37. The summed E-state index contributed by atoms with van der Waals surface area (Å²) in [7, 11) is 3.17. The SMILES string of the molecule is COC1=C[C@]2([n+]3oc4c(c3OCc3ccccc3)C(=O)[C@@]35O[C@@H](C=C3OC)CC5[C@@H]4N3CCCC3)CC3[C@H](N4CCCC4)c4onc(OCc5ccccc5)c4C(=O)[C@]13O2. The van der Waals surface area contributed by atoms with E-state index >= 15 is 9.59 Å². The highest BCUT2D eigenvalue weighted by Crippen LogP contribution is 2.65. The van der Waals surface area contributed by atoms with Gasteiger partial charge in [0.15, 0.2) is 16.9 Å². The Morgan fingerprint density at radius 2 is 1.37 bits per heavy atom. The lowest BCUT2D eigenvalue weighted by Crippen LogP contribution is -2.54.